The van der Waals surface area contributed by atoms with Crippen molar-refractivity contribution in [3.63, 3.8) is 0 Å². The molecule has 1 aliphatic carbocycles. The van der Waals surface area contributed by atoms with Crippen LogP contribution in [0.15, 0.2) is 24.3 Å². The van der Waals surface area contributed by atoms with Gasteiger partial charge in [0.2, 0.25) is 11.8 Å². The molecule has 0 unspecified atom stereocenters. The summed E-state index contributed by atoms with van der Waals surface area (Å²) < 4.78 is 0. The van der Waals surface area contributed by atoms with Crippen LogP contribution in [0.3, 0.4) is 0 Å². The minimum absolute atomic E-state index is 0.0550. The third-order valence-corrected chi connectivity index (χ3v) is 5.52. The fourth-order valence-electron chi connectivity index (χ4n) is 3.91. The van der Waals surface area contributed by atoms with Crippen molar-refractivity contribution in [3.8, 4) is 0 Å². The van der Waals surface area contributed by atoms with Gasteiger partial charge in [-0.25, -0.2) is 0 Å². The van der Waals surface area contributed by atoms with Gasteiger partial charge in [0, 0.05) is 24.7 Å². The summed E-state index contributed by atoms with van der Waals surface area (Å²) in [5, 5.41) is 3.18. The lowest BCUT2D eigenvalue weighted by molar-refractivity contribution is -0.127. The van der Waals surface area contributed by atoms with E-state index in [-0.39, 0.29) is 17.7 Å². The summed E-state index contributed by atoms with van der Waals surface area (Å²) in [5.41, 5.74) is 2.12. The fraction of sp³-hybridized carbons (Fsp3) is 0.600. The van der Waals surface area contributed by atoms with Gasteiger partial charge < -0.3 is 10.2 Å². The number of para-hydroxylation sites is 1. The molecule has 2 amide bonds. The number of rotatable bonds is 4. The van der Waals surface area contributed by atoms with Gasteiger partial charge in [-0.15, -0.1) is 0 Å². The summed E-state index contributed by atoms with van der Waals surface area (Å²) in [6.45, 7) is 4.87. The molecule has 1 aromatic rings. The molecule has 1 saturated heterocycles. The van der Waals surface area contributed by atoms with Crippen LogP contribution in [0.4, 0.5) is 5.69 Å². The predicted molar refractivity (Wildman–Crippen MR) is 95.8 cm³/mol. The zero-order valence-corrected chi connectivity index (χ0v) is 14.8. The van der Waals surface area contributed by atoms with Crippen LogP contribution in [0.5, 0.6) is 0 Å². The van der Waals surface area contributed by atoms with E-state index in [1.54, 1.807) is 4.90 Å². The molecule has 1 atom stereocenters. The number of nitrogens with zero attached hydrogens (tertiary/aromatic N) is 1. The molecule has 0 spiro atoms. The Balaban J connectivity index is 1.63. The number of benzene rings is 1. The van der Waals surface area contributed by atoms with Gasteiger partial charge >= 0.3 is 0 Å². The lowest BCUT2D eigenvalue weighted by Gasteiger charge is -2.28. The van der Waals surface area contributed by atoms with Crippen molar-refractivity contribution >= 4 is 17.5 Å². The van der Waals surface area contributed by atoms with Gasteiger partial charge in [-0.1, -0.05) is 32.0 Å². The number of anilines is 1. The number of carbonyl (C=O) groups is 2. The molecule has 2 fully saturated rings. The number of amides is 2. The smallest absolute Gasteiger partial charge is 0.227 e. The first-order chi connectivity index (χ1) is 11.6. The van der Waals surface area contributed by atoms with Crippen molar-refractivity contribution in [1.82, 2.24) is 5.32 Å². The van der Waals surface area contributed by atoms with E-state index in [9.17, 15) is 9.59 Å². The SMILES string of the molecule is CCc1ccccc1N1C[C@H](C(=O)NC2CCC(C)CC2)CC1=O. The van der Waals surface area contributed by atoms with Gasteiger partial charge in [0.1, 0.15) is 0 Å². The summed E-state index contributed by atoms with van der Waals surface area (Å²) in [7, 11) is 0. The second-order valence-corrected chi connectivity index (χ2v) is 7.35. The number of hydrogen-bond donors (Lipinski definition) is 1. The first kappa shape index (κ1) is 17.0. The molecule has 130 valence electrons. The molecule has 1 aliphatic heterocycles. The maximum atomic E-state index is 12.6. The van der Waals surface area contributed by atoms with Crippen LogP contribution < -0.4 is 10.2 Å². The first-order valence-electron chi connectivity index (χ1n) is 9.27. The number of aryl methyl sites for hydroxylation is 1. The highest BCUT2D eigenvalue weighted by molar-refractivity contribution is 6.00. The van der Waals surface area contributed by atoms with Gasteiger partial charge in [0.25, 0.3) is 0 Å². The molecule has 0 radical (unpaired) electrons. The molecule has 0 bridgehead atoms. The molecule has 3 rings (SSSR count). The predicted octanol–water partition coefficient (Wildman–Crippen LogP) is 3.30. The molecule has 0 aromatic heterocycles. The average molecular weight is 328 g/mol. The van der Waals surface area contributed by atoms with Crippen molar-refractivity contribution in [2.24, 2.45) is 11.8 Å². The molecular weight excluding hydrogens is 300 g/mol. The summed E-state index contributed by atoms with van der Waals surface area (Å²) in [6.07, 6.45) is 5.71. The van der Waals surface area contributed by atoms with Crippen molar-refractivity contribution in [1.29, 1.82) is 0 Å². The van der Waals surface area contributed by atoms with Crippen LogP contribution in [-0.2, 0) is 16.0 Å². The van der Waals surface area contributed by atoms with E-state index in [2.05, 4.69) is 25.2 Å². The van der Waals surface area contributed by atoms with Crippen molar-refractivity contribution in [2.75, 3.05) is 11.4 Å². The molecular formula is C20H28N2O2. The fourth-order valence-corrected chi connectivity index (χ4v) is 3.91. The molecule has 2 aliphatic rings. The normalized spacial score (nSPS) is 27.3. The largest absolute Gasteiger partial charge is 0.353 e. The van der Waals surface area contributed by atoms with E-state index >= 15 is 0 Å². The Morgan fingerprint density at radius 1 is 1.21 bits per heavy atom. The monoisotopic (exact) mass is 328 g/mol. The minimum Gasteiger partial charge on any atom is -0.353 e. The van der Waals surface area contributed by atoms with Crippen LogP contribution >= 0.6 is 0 Å². The molecule has 1 heterocycles. The average Bonchev–Trinajstić information content (AvgIpc) is 2.98. The maximum Gasteiger partial charge on any atom is 0.227 e. The Hall–Kier alpha value is -1.84. The molecule has 4 nitrogen and oxygen atoms in total. The van der Waals surface area contributed by atoms with Gasteiger partial charge in [-0.2, -0.15) is 0 Å². The van der Waals surface area contributed by atoms with E-state index in [1.165, 1.54) is 12.8 Å². The lowest BCUT2D eigenvalue weighted by Crippen LogP contribution is -2.41. The standard InChI is InChI=1S/C20H28N2O2/c1-3-15-6-4-5-7-18(15)22-13-16(12-19(22)23)20(24)21-17-10-8-14(2)9-11-17/h4-7,14,16-17H,3,8-13H2,1-2H3,(H,21,24)/t14?,16-,17?/m1/s1. The number of nitrogens with one attached hydrogen (secondary N) is 1. The van der Waals surface area contributed by atoms with Crippen molar-refractivity contribution in [2.45, 2.75) is 58.4 Å². The van der Waals surface area contributed by atoms with E-state index in [0.717, 1.165) is 36.4 Å². The Morgan fingerprint density at radius 2 is 1.92 bits per heavy atom. The van der Waals surface area contributed by atoms with Crippen LogP contribution in [0.25, 0.3) is 0 Å². The van der Waals surface area contributed by atoms with Crippen LogP contribution in [0.1, 0.15) is 51.5 Å². The summed E-state index contributed by atoms with van der Waals surface area (Å²) in [6, 6.07) is 8.29. The van der Waals surface area contributed by atoms with Crippen LogP contribution in [0.2, 0.25) is 0 Å². The number of carbonyl (C=O) groups excluding carboxylic acids is 2. The quantitative estimate of drug-likeness (QED) is 0.922. The first-order valence-corrected chi connectivity index (χ1v) is 9.27. The molecule has 4 heteroatoms. The zero-order chi connectivity index (χ0) is 17.1. The van der Waals surface area contributed by atoms with E-state index in [1.807, 2.05) is 18.2 Å². The Labute approximate surface area is 144 Å². The second kappa shape index (κ2) is 7.37. The van der Waals surface area contributed by atoms with E-state index in [4.69, 9.17) is 0 Å². The van der Waals surface area contributed by atoms with Gasteiger partial charge in [-0.05, 0) is 49.7 Å². The number of hydrogen-bond acceptors (Lipinski definition) is 2. The van der Waals surface area contributed by atoms with E-state index < -0.39 is 0 Å². The van der Waals surface area contributed by atoms with Gasteiger partial charge in [-0.3, -0.25) is 9.59 Å². The van der Waals surface area contributed by atoms with Crippen molar-refractivity contribution < 1.29 is 9.59 Å². The highest BCUT2D eigenvalue weighted by Gasteiger charge is 2.36. The summed E-state index contributed by atoms with van der Waals surface area (Å²) in [4.78, 5) is 26.8. The topological polar surface area (TPSA) is 49.4 Å². The molecule has 1 N–H and O–H groups in total. The van der Waals surface area contributed by atoms with Gasteiger partial charge in [0.15, 0.2) is 0 Å². The molecule has 24 heavy (non-hydrogen) atoms. The van der Waals surface area contributed by atoms with Gasteiger partial charge in [0.05, 0.1) is 5.92 Å². The summed E-state index contributed by atoms with van der Waals surface area (Å²) >= 11 is 0. The van der Waals surface area contributed by atoms with Crippen LogP contribution in [0, 0.1) is 11.8 Å². The third-order valence-electron chi connectivity index (χ3n) is 5.52. The maximum absolute atomic E-state index is 12.6. The highest BCUT2D eigenvalue weighted by atomic mass is 16.2. The Bertz CT molecular complexity index is 605. The summed E-state index contributed by atoms with van der Waals surface area (Å²) in [5.74, 6) is 0.668. The van der Waals surface area contributed by atoms with Crippen LogP contribution in [-0.4, -0.2) is 24.4 Å². The molecule has 1 aromatic carbocycles. The zero-order valence-electron chi connectivity index (χ0n) is 14.8. The second-order valence-electron chi connectivity index (χ2n) is 7.35. The molecule has 1 saturated carbocycles. The van der Waals surface area contributed by atoms with Crippen molar-refractivity contribution in [3.05, 3.63) is 29.8 Å². The third kappa shape index (κ3) is 3.63. The Morgan fingerprint density at radius 3 is 2.62 bits per heavy atom. The minimum atomic E-state index is -0.221. The van der Waals surface area contributed by atoms with E-state index in [0.29, 0.717) is 19.0 Å². The Kier molecular flexibility index (Phi) is 5.22. The highest BCUT2D eigenvalue weighted by Crippen LogP contribution is 2.29. The lowest BCUT2D eigenvalue weighted by atomic mass is 9.87.